The number of carbonyl (C=O) groups is 6. The van der Waals surface area contributed by atoms with E-state index in [4.69, 9.17) is 45.5 Å². The minimum absolute atomic E-state index is 0.0555. The number of hydrogen-bond acceptors (Lipinski definition) is 16. The van der Waals surface area contributed by atoms with E-state index in [1.54, 1.807) is 66.9 Å². The third-order valence-corrected chi connectivity index (χ3v) is 30.5. The predicted molar refractivity (Wildman–Crippen MR) is 467 cm³/mol. The van der Waals surface area contributed by atoms with Gasteiger partial charge < -0.3 is 56.1 Å². The van der Waals surface area contributed by atoms with Gasteiger partial charge >= 0.3 is 17.6 Å². The highest BCUT2D eigenvalue weighted by atomic mass is 28.4. The molecule has 2 heterocycles. The molecule has 22 heteroatoms. The maximum atomic E-state index is 16.8. The fourth-order valence-electron chi connectivity index (χ4n) is 18.1. The van der Waals surface area contributed by atoms with Gasteiger partial charge in [-0.25, -0.2) is 0 Å². The maximum absolute atomic E-state index is 16.8. The zero-order chi connectivity index (χ0) is 85.2. The Balaban J connectivity index is 1.12. The molecule has 0 spiro atoms. The van der Waals surface area contributed by atoms with E-state index in [-0.39, 0.29) is 126 Å². The second-order valence-electron chi connectivity index (χ2n) is 37.9. The number of nitrogens with zero attached hydrogens (tertiary/aromatic N) is 2. The van der Waals surface area contributed by atoms with Crippen molar-refractivity contribution >= 4 is 96.1 Å². The van der Waals surface area contributed by atoms with Gasteiger partial charge in [0.25, 0.3) is 23.6 Å². The fraction of sp³-hybridized carbons (Fsp3) is 0.479. The lowest BCUT2D eigenvalue weighted by atomic mass is 9.80. The van der Waals surface area contributed by atoms with Gasteiger partial charge in [0.15, 0.2) is 0 Å². The van der Waals surface area contributed by atoms with Crippen LogP contribution in [0.25, 0.3) is 43.1 Å². The summed E-state index contributed by atoms with van der Waals surface area (Å²) in [6.07, 6.45) is 6.10. The predicted octanol–water partition coefficient (Wildman–Crippen LogP) is 21.2. The van der Waals surface area contributed by atoms with Crippen LogP contribution < -0.4 is 29.6 Å². The lowest BCUT2D eigenvalue weighted by molar-refractivity contribution is -0.127. The zero-order valence-corrected chi connectivity index (χ0v) is 75.1. The highest BCUT2D eigenvalue weighted by Gasteiger charge is 2.49. The number of nitrogens with one attached hydrogen (secondary N) is 2. The molecule has 2 saturated carbocycles. The van der Waals surface area contributed by atoms with Gasteiger partial charge in [-0.05, 0) is 179 Å². The highest BCUT2D eigenvalue weighted by Crippen LogP contribution is 2.59. The van der Waals surface area contributed by atoms with Crippen LogP contribution in [0.2, 0.25) is 12.1 Å². The molecule has 0 aromatic heterocycles. The number of rotatable bonds is 28. The monoisotopic (exact) mass is 1640 g/mol. The number of hydrogen-bond donors (Lipinski definition) is 2. The molecule has 2 aliphatic carbocycles. The summed E-state index contributed by atoms with van der Waals surface area (Å²) < 4.78 is 65.2. The van der Waals surface area contributed by atoms with E-state index in [0.29, 0.717) is 93.1 Å². The van der Waals surface area contributed by atoms with Gasteiger partial charge in [0.2, 0.25) is 11.8 Å². The molecular weight excluding hydrogens is 1520 g/mol. The SMILES string of the molecule is CO[Si](CC1CCCC(NC(=O)C(CC(C)C)N2C(=O)c3cc(Oc4ccc(C(C)(C)C)cc4)c4c5c(Oc6ccc(C(C)(C)C)cc6)cc6c7c(cc(Oc8ccc(C(C)(C)C)cc8)c(c8c(Oc9ccc(C(C)(C)C)cc9)cc(c3c48)C2=O)c75)C(=O)N(C(CC(C)C)C(=O)NC2CCCC(C[Si](OC)(OC)OC)C2)C6=O)C1)(OC)OC. The molecule has 118 heavy (non-hydrogen) atoms. The van der Waals surface area contributed by atoms with Crippen LogP contribution in [0, 0.1) is 23.7 Å². The van der Waals surface area contributed by atoms with Gasteiger partial charge in [0.05, 0.1) is 22.3 Å². The van der Waals surface area contributed by atoms with Gasteiger partial charge in [-0.1, -0.05) is 185 Å². The summed E-state index contributed by atoms with van der Waals surface area (Å²) >= 11 is 0. The summed E-state index contributed by atoms with van der Waals surface area (Å²) in [5.41, 5.74) is 3.27. The van der Waals surface area contributed by atoms with Crippen molar-refractivity contribution in [2.24, 2.45) is 23.7 Å². The van der Waals surface area contributed by atoms with Crippen molar-refractivity contribution in [2.45, 2.75) is 233 Å². The second kappa shape index (κ2) is 33.8. The number of carbonyl (C=O) groups excluding carboxylic acids is 6. The summed E-state index contributed by atoms with van der Waals surface area (Å²) in [4.78, 5) is 101. The van der Waals surface area contributed by atoms with Crippen molar-refractivity contribution in [1.29, 1.82) is 0 Å². The van der Waals surface area contributed by atoms with E-state index in [1.165, 1.54) is 0 Å². The second-order valence-corrected chi connectivity index (χ2v) is 43.9. The van der Waals surface area contributed by atoms with Crippen LogP contribution in [0.1, 0.15) is 239 Å². The van der Waals surface area contributed by atoms with Gasteiger partial charge in [-0.15, -0.1) is 0 Å². The van der Waals surface area contributed by atoms with Crippen molar-refractivity contribution in [1.82, 2.24) is 20.4 Å². The Labute approximate surface area is 698 Å². The molecule has 628 valence electrons. The largest absolute Gasteiger partial charge is 0.500 e. The lowest BCUT2D eigenvalue weighted by Gasteiger charge is -2.38. The van der Waals surface area contributed by atoms with Crippen molar-refractivity contribution in [2.75, 3.05) is 42.7 Å². The van der Waals surface area contributed by atoms with E-state index in [1.807, 2.05) is 125 Å². The Morgan fingerprint density at radius 3 is 0.814 bits per heavy atom. The van der Waals surface area contributed by atoms with Crippen LogP contribution in [0.5, 0.6) is 46.0 Å². The number of amides is 6. The molecule has 6 unspecified atom stereocenters. The minimum atomic E-state index is -3.03. The molecule has 4 aliphatic rings. The van der Waals surface area contributed by atoms with Gasteiger partial charge in [-0.2, -0.15) is 0 Å². The number of benzene rings is 9. The first-order valence-electron chi connectivity index (χ1n) is 41.9. The summed E-state index contributed by atoms with van der Waals surface area (Å²) in [5, 5.41) is 9.12. The molecular formula is C96H120N4O16Si2. The number of ether oxygens (including phenoxy) is 4. The van der Waals surface area contributed by atoms with E-state index < -0.39 is 65.1 Å². The van der Waals surface area contributed by atoms with Gasteiger partial charge in [0, 0.05) is 110 Å². The molecule has 6 atom stereocenters. The smallest absolute Gasteiger partial charge is 0.457 e. The molecule has 2 N–H and O–H groups in total. The molecule has 6 amide bonds. The summed E-state index contributed by atoms with van der Waals surface area (Å²) in [6, 6.07) is 35.5. The maximum Gasteiger partial charge on any atom is 0.500 e. The minimum Gasteiger partial charge on any atom is -0.457 e. The molecule has 9 aromatic carbocycles. The highest BCUT2D eigenvalue weighted by molar-refractivity contribution is 6.61. The number of imide groups is 2. The van der Waals surface area contributed by atoms with Crippen LogP contribution in [0.4, 0.5) is 0 Å². The van der Waals surface area contributed by atoms with Crippen LogP contribution >= 0.6 is 0 Å². The van der Waals surface area contributed by atoms with Crippen molar-refractivity contribution in [3.8, 4) is 46.0 Å². The third kappa shape index (κ3) is 17.3. The molecule has 0 saturated heterocycles. The Kier molecular flexibility index (Phi) is 24.9. The molecule has 9 aromatic rings. The molecule has 13 rings (SSSR count). The first-order valence-corrected chi connectivity index (χ1v) is 45.8. The zero-order valence-electron chi connectivity index (χ0n) is 73.1. The topological polar surface area (TPSA) is 225 Å². The molecule has 0 radical (unpaired) electrons. The van der Waals surface area contributed by atoms with Gasteiger partial charge in [-0.3, -0.25) is 38.6 Å². The average Bonchev–Trinajstić information content (AvgIpc) is 0.670. The third-order valence-electron chi connectivity index (χ3n) is 24.6. The van der Waals surface area contributed by atoms with Crippen LogP contribution in [0.3, 0.4) is 0 Å². The number of fused-ring (bicyclic) bond motifs is 2. The van der Waals surface area contributed by atoms with Crippen molar-refractivity contribution < 1.29 is 74.3 Å². The van der Waals surface area contributed by atoms with Crippen molar-refractivity contribution in [3.63, 3.8) is 0 Å². The quantitative estimate of drug-likeness (QED) is 0.0201. The molecule has 20 nitrogen and oxygen atoms in total. The van der Waals surface area contributed by atoms with Crippen LogP contribution in [-0.2, 0) is 57.8 Å². The normalized spacial score (nSPS) is 18.3. The Morgan fingerprint density at radius 1 is 0.364 bits per heavy atom. The first-order chi connectivity index (χ1) is 55.7. The van der Waals surface area contributed by atoms with E-state index in [0.717, 1.165) is 57.7 Å². The van der Waals surface area contributed by atoms with E-state index in [2.05, 4.69) is 93.7 Å². The summed E-state index contributed by atoms with van der Waals surface area (Å²) in [6.45, 7) is 33.4. The Morgan fingerprint density at radius 2 is 0.602 bits per heavy atom. The van der Waals surface area contributed by atoms with Crippen LogP contribution in [0.15, 0.2) is 121 Å². The lowest BCUT2D eigenvalue weighted by Crippen LogP contribution is -2.56. The summed E-state index contributed by atoms with van der Waals surface area (Å²) in [7, 11) is 3.53. The standard InChI is InChI=1S/C96H120N4O16Si2/c1-55(2)45-73(87(101)97-63-27-23-25-57(47-63)53-117(107-17,108-18)109-19)99-89(103)69-49-75(113-65-37-29-59(30-38-65)93(5,6)7)81-83-77(115-67-41-33-61(34-42-67)95(11,12)13)51-71-80-72(92(106)100(91(71)105)74(46-56(3)4)88(102)98-64-28-24-26-58(48-64)54-118(110-20,111-21)112-22)52-78(116-68-43-35-62(36-44-68)96(14,15)16)84(86(80)83)82-76(50-70(90(99)104)79(69)85(81)82)114-66-39-31-60(32-40-66)94(8,9)10/h29-44,49-52,55-58,63-64,73-74H,23-28,45-48,53-54H2,1-22H3,(H,97,101)(H,98,102). The van der Waals surface area contributed by atoms with Crippen molar-refractivity contribution in [3.05, 3.63) is 166 Å². The van der Waals surface area contributed by atoms with E-state index >= 15 is 28.8 Å². The first kappa shape index (κ1) is 86.7. The van der Waals surface area contributed by atoms with E-state index in [9.17, 15) is 0 Å². The van der Waals surface area contributed by atoms with Gasteiger partial charge in [0.1, 0.15) is 58.1 Å². The Bertz CT molecular complexity index is 4670. The molecule has 2 fully saturated rings. The fourth-order valence-corrected chi connectivity index (χ4v) is 22.3. The summed E-state index contributed by atoms with van der Waals surface area (Å²) in [5.74, 6) is -2.07. The molecule has 2 aliphatic heterocycles. The Hall–Kier alpha value is -9.11. The van der Waals surface area contributed by atoms with Crippen LogP contribution in [-0.4, -0.2) is 130 Å². The average molecular weight is 1640 g/mol. The molecule has 0 bridgehead atoms.